The summed E-state index contributed by atoms with van der Waals surface area (Å²) in [4.78, 5) is 0. The van der Waals surface area contributed by atoms with Gasteiger partial charge in [-0.1, -0.05) is 49.9 Å². The molecule has 0 radical (unpaired) electrons. The quantitative estimate of drug-likeness (QED) is 0.580. The largest absolute Gasteiger partial charge is 0.307 e. The van der Waals surface area contributed by atoms with E-state index in [1.807, 2.05) is 12.1 Å². The lowest BCUT2D eigenvalue weighted by Gasteiger charge is -2.40. The summed E-state index contributed by atoms with van der Waals surface area (Å²) in [6, 6.07) is 6.35. The molecule has 1 aliphatic heterocycles. The molecule has 1 nitrogen and oxygen atoms in total. The second-order valence-electron chi connectivity index (χ2n) is 5.51. The third-order valence-electron chi connectivity index (χ3n) is 4.15. The van der Waals surface area contributed by atoms with Gasteiger partial charge in [-0.2, -0.15) is 0 Å². The Hall–Kier alpha value is -0.790. The van der Waals surface area contributed by atoms with Crippen LogP contribution >= 0.6 is 11.6 Å². The number of rotatable bonds is 6. The highest BCUT2D eigenvalue weighted by Gasteiger charge is 2.34. The van der Waals surface area contributed by atoms with E-state index < -0.39 is 0 Å². The Kier molecular flexibility index (Phi) is 5.06. The number of nitrogens with one attached hydrogen (secondary N) is 1. The van der Waals surface area contributed by atoms with Gasteiger partial charge in [-0.15, -0.1) is 6.58 Å². The van der Waals surface area contributed by atoms with E-state index in [9.17, 15) is 0 Å². The highest BCUT2D eigenvalue weighted by Crippen LogP contribution is 2.37. The Balaban J connectivity index is 2.33. The molecule has 1 aliphatic rings. The molecule has 0 saturated carbocycles. The lowest BCUT2D eigenvalue weighted by atomic mass is 9.76. The van der Waals surface area contributed by atoms with Crippen molar-refractivity contribution in [2.75, 3.05) is 6.54 Å². The lowest BCUT2D eigenvalue weighted by molar-refractivity contribution is 0.285. The van der Waals surface area contributed by atoms with Crippen molar-refractivity contribution < 1.29 is 0 Å². The van der Waals surface area contributed by atoms with Crippen molar-refractivity contribution in [1.82, 2.24) is 5.32 Å². The first kappa shape index (κ1) is 14.6. The minimum Gasteiger partial charge on any atom is -0.307 e. The Morgan fingerprint density at radius 3 is 3.00 bits per heavy atom. The summed E-state index contributed by atoms with van der Waals surface area (Å²) in [5, 5.41) is 4.59. The van der Waals surface area contributed by atoms with Crippen LogP contribution in [0, 0.1) is 0 Å². The number of halogens is 1. The summed E-state index contributed by atoms with van der Waals surface area (Å²) in [6.07, 6.45) is 9.07. The van der Waals surface area contributed by atoms with Crippen LogP contribution in [0.1, 0.15) is 50.2 Å². The van der Waals surface area contributed by atoms with E-state index in [1.165, 1.54) is 36.8 Å². The van der Waals surface area contributed by atoms with E-state index >= 15 is 0 Å². The summed E-state index contributed by atoms with van der Waals surface area (Å²) >= 11 is 6.21. The topological polar surface area (TPSA) is 12.0 Å². The van der Waals surface area contributed by atoms with E-state index in [2.05, 4.69) is 31.0 Å². The van der Waals surface area contributed by atoms with Gasteiger partial charge >= 0.3 is 0 Å². The zero-order valence-electron chi connectivity index (χ0n) is 11.8. The third-order valence-corrected chi connectivity index (χ3v) is 4.38. The van der Waals surface area contributed by atoms with Crippen LogP contribution in [0.4, 0.5) is 0 Å². The van der Waals surface area contributed by atoms with Gasteiger partial charge in [0.15, 0.2) is 0 Å². The molecular weight excluding hydrogens is 254 g/mol. The summed E-state index contributed by atoms with van der Waals surface area (Å²) in [5.74, 6) is 0. The fourth-order valence-electron chi connectivity index (χ4n) is 3.17. The van der Waals surface area contributed by atoms with Crippen LogP contribution in [0.15, 0.2) is 30.9 Å². The first-order valence-corrected chi connectivity index (χ1v) is 7.74. The monoisotopic (exact) mass is 277 g/mol. The molecule has 19 heavy (non-hydrogen) atoms. The fourth-order valence-corrected chi connectivity index (χ4v) is 3.35. The standard InChI is InChI=1S/C17H24ClN/c1-3-5-6-11-17(10-4-2)16-13-15(18)8-7-14(16)9-12-19-17/h4,7-8,13,19H,2-3,5-6,9-12H2,1H3. The molecule has 0 aliphatic carbocycles. The molecule has 1 unspecified atom stereocenters. The van der Waals surface area contributed by atoms with Crippen molar-refractivity contribution in [3.8, 4) is 0 Å². The van der Waals surface area contributed by atoms with Gasteiger partial charge in [-0.3, -0.25) is 0 Å². The summed E-state index contributed by atoms with van der Waals surface area (Å²) in [6.45, 7) is 7.25. The predicted molar refractivity (Wildman–Crippen MR) is 83.8 cm³/mol. The van der Waals surface area contributed by atoms with E-state index in [1.54, 1.807) is 0 Å². The Bertz CT molecular complexity index is 441. The first-order valence-electron chi connectivity index (χ1n) is 7.36. The Labute approximate surface area is 122 Å². The molecule has 2 heteroatoms. The highest BCUT2D eigenvalue weighted by atomic mass is 35.5. The van der Waals surface area contributed by atoms with Crippen LogP contribution in [0.3, 0.4) is 0 Å². The molecule has 0 spiro atoms. The van der Waals surface area contributed by atoms with E-state index in [0.29, 0.717) is 0 Å². The highest BCUT2D eigenvalue weighted by molar-refractivity contribution is 6.30. The van der Waals surface area contributed by atoms with Crippen molar-refractivity contribution in [2.45, 2.75) is 51.0 Å². The molecule has 2 rings (SSSR count). The minimum absolute atomic E-state index is 0.0510. The maximum Gasteiger partial charge on any atom is 0.0472 e. The fraction of sp³-hybridized carbons (Fsp3) is 0.529. The van der Waals surface area contributed by atoms with Gasteiger partial charge < -0.3 is 5.32 Å². The Morgan fingerprint density at radius 1 is 1.42 bits per heavy atom. The average Bonchev–Trinajstić information content (AvgIpc) is 2.40. The van der Waals surface area contributed by atoms with E-state index in [4.69, 9.17) is 11.6 Å². The summed E-state index contributed by atoms with van der Waals surface area (Å²) < 4.78 is 0. The summed E-state index contributed by atoms with van der Waals surface area (Å²) in [5.41, 5.74) is 2.89. The summed E-state index contributed by atoms with van der Waals surface area (Å²) in [7, 11) is 0. The van der Waals surface area contributed by atoms with Crippen molar-refractivity contribution in [3.05, 3.63) is 47.0 Å². The van der Waals surface area contributed by atoms with Gasteiger partial charge in [0.05, 0.1) is 0 Å². The molecule has 1 N–H and O–H groups in total. The van der Waals surface area contributed by atoms with Crippen LogP contribution < -0.4 is 5.32 Å². The van der Waals surface area contributed by atoms with E-state index in [-0.39, 0.29) is 5.54 Å². The lowest BCUT2D eigenvalue weighted by Crippen LogP contribution is -2.47. The van der Waals surface area contributed by atoms with Gasteiger partial charge in [0, 0.05) is 17.1 Å². The van der Waals surface area contributed by atoms with Crippen LogP contribution in [0.25, 0.3) is 0 Å². The van der Waals surface area contributed by atoms with Gasteiger partial charge in [-0.05, 0) is 42.5 Å². The van der Waals surface area contributed by atoms with Crippen LogP contribution in [-0.2, 0) is 12.0 Å². The normalized spacial score (nSPS) is 22.0. The van der Waals surface area contributed by atoms with Gasteiger partial charge in [0.25, 0.3) is 0 Å². The number of hydrogen-bond donors (Lipinski definition) is 1. The van der Waals surface area contributed by atoms with Crippen molar-refractivity contribution in [3.63, 3.8) is 0 Å². The molecule has 0 saturated heterocycles. The zero-order valence-corrected chi connectivity index (χ0v) is 12.6. The van der Waals surface area contributed by atoms with Crippen LogP contribution in [0.5, 0.6) is 0 Å². The molecule has 1 atom stereocenters. The van der Waals surface area contributed by atoms with Gasteiger partial charge in [0.2, 0.25) is 0 Å². The zero-order chi connectivity index (χ0) is 13.7. The van der Waals surface area contributed by atoms with Crippen molar-refractivity contribution in [2.24, 2.45) is 0 Å². The van der Waals surface area contributed by atoms with E-state index in [0.717, 1.165) is 24.4 Å². The molecule has 0 aromatic heterocycles. The average molecular weight is 278 g/mol. The second kappa shape index (κ2) is 6.58. The molecule has 0 bridgehead atoms. The molecule has 104 valence electrons. The minimum atomic E-state index is 0.0510. The molecule has 0 amide bonds. The number of hydrogen-bond acceptors (Lipinski definition) is 1. The first-order chi connectivity index (χ1) is 9.22. The second-order valence-corrected chi connectivity index (χ2v) is 5.95. The maximum atomic E-state index is 6.21. The number of unbranched alkanes of at least 4 members (excludes halogenated alkanes) is 2. The van der Waals surface area contributed by atoms with Gasteiger partial charge in [-0.25, -0.2) is 0 Å². The maximum absolute atomic E-state index is 6.21. The number of benzene rings is 1. The van der Waals surface area contributed by atoms with Gasteiger partial charge in [0.1, 0.15) is 0 Å². The molecule has 0 fully saturated rings. The molecule has 1 aromatic rings. The Morgan fingerprint density at radius 2 is 2.26 bits per heavy atom. The third kappa shape index (κ3) is 3.21. The van der Waals surface area contributed by atoms with Crippen molar-refractivity contribution in [1.29, 1.82) is 0 Å². The predicted octanol–water partition coefficient (Wildman–Crippen LogP) is 4.84. The smallest absolute Gasteiger partial charge is 0.0472 e. The SMILES string of the molecule is C=CCC1(CCCCC)NCCc2ccc(Cl)cc21. The van der Waals surface area contributed by atoms with Crippen LogP contribution in [-0.4, -0.2) is 6.54 Å². The molecule has 1 heterocycles. The van der Waals surface area contributed by atoms with Crippen LogP contribution in [0.2, 0.25) is 5.02 Å². The molecular formula is C17H24ClN. The van der Waals surface area contributed by atoms with Crippen molar-refractivity contribution >= 4 is 11.6 Å². The number of fused-ring (bicyclic) bond motifs is 1. The molecule has 1 aromatic carbocycles.